The average molecular weight is 279 g/mol. The third kappa shape index (κ3) is 4.30. The lowest BCUT2D eigenvalue weighted by atomic mass is 10.3. The fourth-order valence-corrected chi connectivity index (χ4v) is 2.84. The highest BCUT2D eigenvalue weighted by molar-refractivity contribution is 5.10. The molecule has 0 unspecified atom stereocenters. The number of nitrogens with two attached hydrogens (primary N) is 1. The summed E-state index contributed by atoms with van der Waals surface area (Å²) in [5.41, 5.74) is 8.13. The summed E-state index contributed by atoms with van der Waals surface area (Å²) in [4.78, 5) is 5.10. The third-order valence-electron chi connectivity index (χ3n) is 4.13. The quantitative estimate of drug-likeness (QED) is 0.838. The van der Waals surface area contributed by atoms with Gasteiger partial charge in [-0.15, -0.1) is 0 Å². The van der Waals surface area contributed by atoms with Crippen LogP contribution in [0.4, 0.5) is 0 Å². The molecular formula is C15H29N5. The van der Waals surface area contributed by atoms with Crippen LogP contribution in [0.3, 0.4) is 0 Å². The van der Waals surface area contributed by atoms with Gasteiger partial charge in [-0.2, -0.15) is 5.10 Å². The molecule has 0 spiro atoms. The van der Waals surface area contributed by atoms with Gasteiger partial charge in [0.2, 0.25) is 0 Å². The third-order valence-corrected chi connectivity index (χ3v) is 4.13. The Balaban J connectivity index is 1.85. The van der Waals surface area contributed by atoms with Gasteiger partial charge < -0.3 is 10.6 Å². The van der Waals surface area contributed by atoms with Crippen LogP contribution in [0.1, 0.15) is 31.2 Å². The summed E-state index contributed by atoms with van der Waals surface area (Å²) in [5, 5.41) is 4.54. The first-order chi connectivity index (χ1) is 9.72. The van der Waals surface area contributed by atoms with E-state index in [1.54, 1.807) is 0 Å². The molecule has 2 N–H and O–H groups in total. The molecular weight excluding hydrogens is 250 g/mol. The second-order valence-corrected chi connectivity index (χ2v) is 5.72. The molecule has 1 fully saturated rings. The van der Waals surface area contributed by atoms with Crippen molar-refractivity contribution >= 4 is 0 Å². The first-order valence-corrected chi connectivity index (χ1v) is 7.89. The molecule has 5 heteroatoms. The Bertz CT molecular complexity index is 401. The Morgan fingerprint density at radius 2 is 1.95 bits per heavy atom. The molecule has 114 valence electrons. The second kappa shape index (κ2) is 7.76. The Morgan fingerprint density at radius 3 is 2.65 bits per heavy atom. The zero-order chi connectivity index (χ0) is 14.4. The first kappa shape index (κ1) is 15.5. The maximum atomic E-state index is 5.60. The number of hydrogen-bond acceptors (Lipinski definition) is 4. The van der Waals surface area contributed by atoms with E-state index in [1.807, 2.05) is 4.68 Å². The molecule has 0 atom stereocenters. The minimum absolute atomic E-state index is 0.801. The Morgan fingerprint density at radius 1 is 1.20 bits per heavy atom. The van der Waals surface area contributed by atoms with Gasteiger partial charge in [0, 0.05) is 26.7 Å². The van der Waals surface area contributed by atoms with Crippen molar-refractivity contribution in [1.29, 1.82) is 0 Å². The number of aryl methyl sites for hydroxylation is 2. The highest BCUT2D eigenvalue weighted by atomic mass is 15.3. The number of aromatic nitrogens is 2. The van der Waals surface area contributed by atoms with Crippen LogP contribution in [0.15, 0.2) is 6.07 Å². The van der Waals surface area contributed by atoms with Gasteiger partial charge in [0.15, 0.2) is 0 Å². The molecule has 1 aliphatic rings. The molecule has 5 nitrogen and oxygen atoms in total. The smallest absolute Gasteiger partial charge is 0.0625 e. The summed E-state index contributed by atoms with van der Waals surface area (Å²) in [7, 11) is 2.06. The largest absolute Gasteiger partial charge is 0.330 e. The van der Waals surface area contributed by atoms with Gasteiger partial charge >= 0.3 is 0 Å². The summed E-state index contributed by atoms with van der Waals surface area (Å²) < 4.78 is 2.04. The van der Waals surface area contributed by atoms with Crippen molar-refractivity contribution < 1.29 is 0 Å². The molecule has 0 amide bonds. The highest BCUT2D eigenvalue weighted by Crippen LogP contribution is 2.10. The number of hydrogen-bond donors (Lipinski definition) is 1. The van der Waals surface area contributed by atoms with Crippen LogP contribution in [0, 0.1) is 0 Å². The fourth-order valence-electron chi connectivity index (χ4n) is 2.84. The van der Waals surface area contributed by atoms with E-state index in [4.69, 9.17) is 5.73 Å². The topological polar surface area (TPSA) is 50.3 Å². The molecule has 0 aliphatic carbocycles. The lowest BCUT2D eigenvalue weighted by molar-refractivity contribution is 0.247. The van der Waals surface area contributed by atoms with Crippen LogP contribution < -0.4 is 5.73 Å². The molecule has 1 aliphatic heterocycles. The molecule has 1 aromatic heterocycles. The van der Waals surface area contributed by atoms with Crippen molar-refractivity contribution in [3.63, 3.8) is 0 Å². The van der Waals surface area contributed by atoms with E-state index in [0.29, 0.717) is 0 Å². The van der Waals surface area contributed by atoms with Crippen molar-refractivity contribution in [2.24, 2.45) is 12.8 Å². The maximum absolute atomic E-state index is 5.60. The van der Waals surface area contributed by atoms with Crippen molar-refractivity contribution in [1.82, 2.24) is 19.6 Å². The number of rotatable bonds is 6. The maximum Gasteiger partial charge on any atom is 0.0625 e. The van der Waals surface area contributed by atoms with E-state index in [9.17, 15) is 0 Å². The highest BCUT2D eigenvalue weighted by Gasteiger charge is 2.16. The van der Waals surface area contributed by atoms with Gasteiger partial charge in [-0.1, -0.05) is 6.92 Å². The molecule has 0 radical (unpaired) electrons. The van der Waals surface area contributed by atoms with Gasteiger partial charge in [0.05, 0.1) is 11.4 Å². The summed E-state index contributed by atoms with van der Waals surface area (Å²) in [6, 6.07) is 2.25. The normalized spacial score (nSPS) is 18.4. The summed E-state index contributed by atoms with van der Waals surface area (Å²) in [6.45, 7) is 9.84. The number of nitrogens with zero attached hydrogens (tertiary/aromatic N) is 4. The van der Waals surface area contributed by atoms with Crippen molar-refractivity contribution in [3.8, 4) is 0 Å². The van der Waals surface area contributed by atoms with Crippen LogP contribution in [-0.4, -0.2) is 58.8 Å². The Hall–Kier alpha value is -0.910. The van der Waals surface area contributed by atoms with Crippen LogP contribution >= 0.6 is 0 Å². The predicted octanol–water partition coefficient (Wildman–Crippen LogP) is 0.839. The molecule has 1 saturated heterocycles. The van der Waals surface area contributed by atoms with E-state index in [2.05, 4.69) is 34.9 Å². The summed E-state index contributed by atoms with van der Waals surface area (Å²) in [6.07, 6.45) is 3.38. The van der Waals surface area contributed by atoms with Crippen molar-refractivity contribution in [3.05, 3.63) is 17.5 Å². The molecule has 0 aromatic carbocycles. The first-order valence-electron chi connectivity index (χ1n) is 7.89. The Labute approximate surface area is 122 Å². The zero-order valence-electron chi connectivity index (χ0n) is 13.0. The van der Waals surface area contributed by atoms with Crippen LogP contribution in [0.5, 0.6) is 0 Å². The average Bonchev–Trinajstić information content (AvgIpc) is 2.66. The van der Waals surface area contributed by atoms with E-state index in [-0.39, 0.29) is 0 Å². The SMILES string of the molecule is CCc1cc(CN2CCCN(CCCN)CC2)n(C)n1. The second-order valence-electron chi connectivity index (χ2n) is 5.72. The van der Waals surface area contributed by atoms with E-state index < -0.39 is 0 Å². The molecule has 0 saturated carbocycles. The summed E-state index contributed by atoms with van der Waals surface area (Å²) >= 11 is 0. The van der Waals surface area contributed by atoms with Gasteiger partial charge in [-0.25, -0.2) is 0 Å². The van der Waals surface area contributed by atoms with Crippen LogP contribution in [-0.2, 0) is 20.0 Å². The standard InChI is InChI=1S/C15H29N5/c1-3-14-12-15(18(2)17-14)13-20-9-5-8-19(10-11-20)7-4-6-16/h12H,3-11,13,16H2,1-2H3. The summed E-state index contributed by atoms with van der Waals surface area (Å²) in [5.74, 6) is 0. The van der Waals surface area contributed by atoms with Crippen LogP contribution in [0.25, 0.3) is 0 Å². The monoisotopic (exact) mass is 279 g/mol. The van der Waals surface area contributed by atoms with Crippen LogP contribution in [0.2, 0.25) is 0 Å². The molecule has 2 rings (SSSR count). The minimum atomic E-state index is 0.801. The van der Waals surface area contributed by atoms with Gasteiger partial charge in [0.1, 0.15) is 0 Å². The van der Waals surface area contributed by atoms with Crippen molar-refractivity contribution in [2.45, 2.75) is 32.7 Å². The molecule has 20 heavy (non-hydrogen) atoms. The van der Waals surface area contributed by atoms with Gasteiger partial charge in [0.25, 0.3) is 0 Å². The van der Waals surface area contributed by atoms with E-state index in [0.717, 1.165) is 39.0 Å². The minimum Gasteiger partial charge on any atom is -0.330 e. The van der Waals surface area contributed by atoms with E-state index >= 15 is 0 Å². The van der Waals surface area contributed by atoms with Crippen molar-refractivity contribution in [2.75, 3.05) is 39.3 Å². The lowest BCUT2D eigenvalue weighted by Gasteiger charge is -2.21. The van der Waals surface area contributed by atoms with E-state index in [1.165, 1.54) is 37.4 Å². The Kier molecular flexibility index (Phi) is 6.01. The predicted molar refractivity (Wildman–Crippen MR) is 82.6 cm³/mol. The molecule has 1 aromatic rings. The lowest BCUT2D eigenvalue weighted by Crippen LogP contribution is -2.32. The van der Waals surface area contributed by atoms with Gasteiger partial charge in [-0.05, 0) is 51.5 Å². The fraction of sp³-hybridized carbons (Fsp3) is 0.800. The molecule has 2 heterocycles. The molecule has 0 bridgehead atoms. The van der Waals surface area contributed by atoms with Gasteiger partial charge in [-0.3, -0.25) is 9.58 Å². The zero-order valence-corrected chi connectivity index (χ0v) is 13.0.